The van der Waals surface area contributed by atoms with E-state index in [2.05, 4.69) is 54.5 Å². The quantitative estimate of drug-likeness (QED) is 0.0699. The number of rotatable bonds is 11. The molecule has 3 aromatic rings. The van der Waals surface area contributed by atoms with Gasteiger partial charge in [0.15, 0.2) is 0 Å². The molecule has 8 atom stereocenters. The third kappa shape index (κ3) is 10.5. The van der Waals surface area contributed by atoms with Crippen LogP contribution in [0.25, 0.3) is 23.1 Å². The van der Waals surface area contributed by atoms with Gasteiger partial charge in [0, 0.05) is 56.1 Å². The number of benzene rings is 1. The molecule has 0 radical (unpaired) electrons. The first kappa shape index (κ1) is 47.3. The van der Waals surface area contributed by atoms with Gasteiger partial charge in [-0.25, -0.2) is 28.7 Å². The Labute approximate surface area is 397 Å². The molecule has 19 heteroatoms. The molecule has 0 bridgehead atoms. The van der Waals surface area contributed by atoms with Crippen LogP contribution in [0.5, 0.6) is 5.75 Å². The average Bonchev–Trinajstić information content (AvgIpc) is 4.18. The molecule has 5 aliphatic carbocycles. The molecule has 2 aromatic heterocycles. The van der Waals surface area contributed by atoms with Gasteiger partial charge in [-0.1, -0.05) is 0 Å². The number of ether oxygens (including phenoxy) is 2. The van der Waals surface area contributed by atoms with Crippen molar-refractivity contribution >= 4 is 63.6 Å². The Hall–Kier alpha value is -4.22. The molecule has 4 heterocycles. The number of halogens is 4. The van der Waals surface area contributed by atoms with Crippen LogP contribution in [0.4, 0.5) is 26.1 Å². The summed E-state index contributed by atoms with van der Waals surface area (Å²) in [6.07, 6.45) is 19.4. The Morgan fingerprint density at radius 1 is 0.815 bits per heavy atom. The van der Waals surface area contributed by atoms with Gasteiger partial charge in [-0.2, -0.15) is 0 Å². The van der Waals surface area contributed by atoms with Crippen molar-refractivity contribution < 1.29 is 40.2 Å². The molecule has 2 saturated heterocycles. The number of alkyl halides is 4. The van der Waals surface area contributed by atoms with Crippen LogP contribution < -0.4 is 31.7 Å². The summed E-state index contributed by atoms with van der Waals surface area (Å²) in [5.41, 5.74) is 9.68. The summed E-state index contributed by atoms with van der Waals surface area (Å²) >= 11 is 12.0. The predicted molar refractivity (Wildman–Crippen MR) is 245 cm³/mol. The standard InChI is InChI=1S/C23H27ClFN5O3.C23H27ClFN5O.Fe/c1-29-6-4-23(5-7-29)11-14(23)12-33-21-10-19-16(9-20(21)30(31)32)22(27-13-26-19)28-15-2-3-18(25)17(24)8-15;1-30-6-4-23(5-7-30)11-14(23)12-31-21-10-20-16(9-19(21)26)22(28-13-27-20)29-15-2-3-18(25)17(24)8-15;/h2-3,8-10,13-14,17-18,20-21H,4-7,11-12H2,1H3,(H,26,27,28);2-3,8-10,13-14,17-18H,4-7,11-12,26H2,1H3,(H,27,28,29);. The third-order valence-corrected chi connectivity index (χ3v) is 15.0. The van der Waals surface area contributed by atoms with Gasteiger partial charge < -0.3 is 35.6 Å². The number of fused-ring (bicyclic) bond motifs is 2. The van der Waals surface area contributed by atoms with Crippen molar-refractivity contribution in [2.75, 3.05) is 69.9 Å². The number of nitrogens with two attached hydrogens (primary N) is 1. The molecule has 8 unspecified atom stereocenters. The Bertz CT molecular complexity index is 2520. The Balaban J connectivity index is 0.000000175. The number of nitrogen functional groups attached to an aromatic ring is 1. The summed E-state index contributed by atoms with van der Waals surface area (Å²) in [6, 6.07) is 2.66. The van der Waals surface area contributed by atoms with E-state index >= 15 is 0 Å². The van der Waals surface area contributed by atoms with E-state index in [0.717, 1.165) is 30.4 Å². The minimum atomic E-state index is -1.26. The first-order chi connectivity index (χ1) is 30.8. The molecule has 2 aliphatic heterocycles. The molecule has 7 aliphatic rings. The number of hydrogen-bond donors (Lipinski definition) is 3. The van der Waals surface area contributed by atoms with Gasteiger partial charge >= 0.3 is 0 Å². The van der Waals surface area contributed by atoms with E-state index in [1.54, 1.807) is 36.5 Å². The molecule has 0 amide bonds. The number of allylic oxidation sites excluding steroid dienone is 6. The van der Waals surface area contributed by atoms with E-state index in [9.17, 15) is 18.9 Å². The van der Waals surface area contributed by atoms with Crippen molar-refractivity contribution in [1.82, 2.24) is 29.7 Å². The number of nitrogens with one attached hydrogen (secondary N) is 2. The van der Waals surface area contributed by atoms with E-state index in [-0.39, 0.29) is 22.0 Å². The summed E-state index contributed by atoms with van der Waals surface area (Å²) < 4.78 is 39.4. The van der Waals surface area contributed by atoms with Crippen LogP contribution in [0.1, 0.15) is 38.5 Å². The van der Waals surface area contributed by atoms with Gasteiger partial charge in [-0.15, -0.1) is 23.2 Å². The molecule has 4 fully saturated rings. The number of anilines is 3. The normalized spacial score (nSPS) is 29.4. The van der Waals surface area contributed by atoms with Crippen molar-refractivity contribution in [2.45, 2.75) is 73.8 Å². The van der Waals surface area contributed by atoms with Crippen LogP contribution in [0, 0.1) is 32.8 Å². The third-order valence-electron chi connectivity index (χ3n) is 14.3. The maximum Gasteiger partial charge on any atom is 0.261 e. The van der Waals surface area contributed by atoms with Crippen molar-refractivity contribution in [3.8, 4) is 5.75 Å². The SMILES string of the molecule is CN1CCC2(CC1)CC2COC1C=c2ncnc(NC3=CC(Cl)C(F)C=C3)c2=CC1[N+](=O)[O-].CN1CCC2(CC1)CC2COc1cc2ncnc(NC3=CC(Cl)C(F)C=C3)c2cc1N.[Fe]. The zero-order valence-corrected chi connectivity index (χ0v) is 38.9. The molecule has 65 heavy (non-hydrogen) atoms. The molecule has 2 spiro atoms. The van der Waals surface area contributed by atoms with Crippen LogP contribution in [0.15, 0.2) is 72.6 Å². The Morgan fingerprint density at radius 2 is 1.37 bits per heavy atom. The van der Waals surface area contributed by atoms with Crippen LogP contribution >= 0.6 is 23.2 Å². The molecular weight excluding hydrogens is 921 g/mol. The fourth-order valence-corrected chi connectivity index (χ4v) is 10.2. The summed E-state index contributed by atoms with van der Waals surface area (Å²) in [4.78, 5) is 33.5. The van der Waals surface area contributed by atoms with Crippen molar-refractivity contribution in [1.29, 1.82) is 0 Å². The van der Waals surface area contributed by atoms with Gasteiger partial charge in [0.2, 0.25) is 0 Å². The number of hydrogen-bond acceptors (Lipinski definition) is 13. The minimum absolute atomic E-state index is 0. The van der Waals surface area contributed by atoms with E-state index < -0.39 is 35.2 Å². The van der Waals surface area contributed by atoms with Crippen molar-refractivity contribution in [3.63, 3.8) is 0 Å². The fourth-order valence-electron chi connectivity index (χ4n) is 9.77. The van der Waals surface area contributed by atoms with Gasteiger partial charge in [-0.05, 0) is 150 Å². The number of likely N-dealkylation sites (tertiary alicyclic amines) is 2. The summed E-state index contributed by atoms with van der Waals surface area (Å²) in [7, 11) is 4.33. The topological polar surface area (TPSA) is 170 Å². The van der Waals surface area contributed by atoms with Crippen LogP contribution in [0.2, 0.25) is 0 Å². The second-order valence-electron chi connectivity index (χ2n) is 18.5. The summed E-state index contributed by atoms with van der Waals surface area (Å²) in [6.45, 7) is 5.74. The largest absolute Gasteiger partial charge is 0.491 e. The first-order valence-corrected chi connectivity index (χ1v) is 22.9. The number of nitro groups is 1. The molecule has 1 aromatic carbocycles. The van der Waals surface area contributed by atoms with Crippen LogP contribution in [-0.4, -0.2) is 123 Å². The molecular formula is C46H54Cl2F2FeN10O4. The number of nitrogens with zero attached hydrogens (tertiary/aromatic N) is 7. The smallest absolute Gasteiger partial charge is 0.261 e. The van der Waals surface area contributed by atoms with Crippen LogP contribution in [0.3, 0.4) is 0 Å². The van der Waals surface area contributed by atoms with E-state index in [0.29, 0.717) is 80.9 Å². The fraction of sp³-hybridized carbons (Fsp3) is 0.522. The van der Waals surface area contributed by atoms with Crippen molar-refractivity contribution in [2.24, 2.45) is 22.7 Å². The molecule has 2 saturated carbocycles. The molecule has 4 N–H and O–H groups in total. The molecule has 10 rings (SSSR count). The monoisotopic (exact) mass is 974 g/mol. The molecule has 348 valence electrons. The first-order valence-electron chi connectivity index (χ1n) is 22.0. The van der Waals surface area contributed by atoms with Crippen LogP contribution in [-0.2, 0) is 21.8 Å². The van der Waals surface area contributed by atoms with Gasteiger partial charge in [0.1, 0.15) is 48.5 Å². The second kappa shape index (κ2) is 19.6. The number of piperidine rings is 2. The zero-order chi connectivity index (χ0) is 44.8. The van der Waals surface area contributed by atoms with Crippen molar-refractivity contribution in [3.05, 3.63) is 93.3 Å². The van der Waals surface area contributed by atoms with Gasteiger partial charge in [0.25, 0.3) is 6.04 Å². The summed E-state index contributed by atoms with van der Waals surface area (Å²) in [5, 5.41) is 18.5. The van der Waals surface area contributed by atoms with E-state index in [4.69, 9.17) is 38.4 Å². The predicted octanol–water partition coefficient (Wildman–Crippen LogP) is 5.76. The summed E-state index contributed by atoms with van der Waals surface area (Å²) in [5.74, 6) is 2.72. The minimum Gasteiger partial charge on any atom is -0.491 e. The second-order valence-corrected chi connectivity index (χ2v) is 19.5. The Kier molecular flexibility index (Phi) is 14.2. The molecule has 14 nitrogen and oxygen atoms in total. The number of aromatic nitrogens is 4. The van der Waals surface area contributed by atoms with E-state index in [1.165, 1.54) is 70.0 Å². The van der Waals surface area contributed by atoms with Gasteiger partial charge in [-0.3, -0.25) is 10.1 Å². The van der Waals surface area contributed by atoms with E-state index in [1.807, 2.05) is 12.1 Å². The zero-order valence-electron chi connectivity index (χ0n) is 36.2. The average molecular weight is 976 g/mol. The maximum absolute atomic E-state index is 13.6. The van der Waals surface area contributed by atoms with Gasteiger partial charge in [0.05, 0.1) is 40.5 Å². The Morgan fingerprint density at radius 3 is 1.95 bits per heavy atom. The maximum atomic E-state index is 13.6.